The van der Waals surface area contributed by atoms with Crippen molar-refractivity contribution in [3.63, 3.8) is 0 Å². The first-order valence-corrected chi connectivity index (χ1v) is 17.8. The Morgan fingerprint density at radius 3 is 1.62 bits per heavy atom. The van der Waals surface area contributed by atoms with E-state index in [0.717, 1.165) is 12.8 Å². The van der Waals surface area contributed by atoms with Crippen molar-refractivity contribution in [1.29, 1.82) is 0 Å². The van der Waals surface area contributed by atoms with E-state index in [0.29, 0.717) is 0 Å². The molecule has 0 saturated carbocycles. The van der Waals surface area contributed by atoms with Crippen LogP contribution in [0.3, 0.4) is 0 Å². The summed E-state index contributed by atoms with van der Waals surface area (Å²) < 4.78 is 0. The molecule has 6 rings (SSSR count). The van der Waals surface area contributed by atoms with Crippen LogP contribution in [0.4, 0.5) is 0 Å². The van der Waals surface area contributed by atoms with E-state index >= 15 is 0 Å². The Bertz CT molecular complexity index is 1170. The van der Waals surface area contributed by atoms with Gasteiger partial charge in [-0.05, 0) is 17.4 Å². The topological polar surface area (TPSA) is 0 Å². The molecular formula is C38H40SiZr-4. The summed E-state index contributed by atoms with van der Waals surface area (Å²) in [5, 5.41) is 0. The number of fused-ring (bicyclic) bond motifs is 3. The third-order valence-electron chi connectivity index (χ3n) is 6.33. The van der Waals surface area contributed by atoms with Crippen LogP contribution in [0, 0.1) is 24.3 Å². The number of rotatable bonds is 0. The molecule has 0 atom stereocenters. The molecule has 0 bridgehead atoms. The smallest absolute Gasteiger partial charge is 0.171 e. The van der Waals surface area contributed by atoms with Crippen molar-refractivity contribution in [2.45, 2.75) is 65.2 Å². The van der Waals surface area contributed by atoms with Crippen molar-refractivity contribution in [1.82, 2.24) is 0 Å². The van der Waals surface area contributed by atoms with Crippen molar-refractivity contribution < 1.29 is 23.3 Å². The van der Waals surface area contributed by atoms with E-state index in [1.165, 1.54) is 56.7 Å². The van der Waals surface area contributed by atoms with Crippen LogP contribution in [0.5, 0.6) is 0 Å². The van der Waals surface area contributed by atoms with Gasteiger partial charge in [-0.3, -0.25) is 6.08 Å². The van der Waals surface area contributed by atoms with E-state index in [9.17, 15) is 0 Å². The first-order valence-electron chi connectivity index (χ1n) is 13.6. The van der Waals surface area contributed by atoms with Gasteiger partial charge in [-0.1, -0.05) is 76.3 Å². The van der Waals surface area contributed by atoms with Gasteiger partial charge in [0.25, 0.3) is 0 Å². The number of hydrogen-bond donors (Lipinski definition) is 0. The largest absolute Gasteiger partial charge is 0.184 e. The molecule has 2 aliphatic carbocycles. The van der Waals surface area contributed by atoms with Crippen LogP contribution in [0.15, 0.2) is 109 Å². The van der Waals surface area contributed by atoms with E-state index in [1.54, 1.807) is 0 Å². The Balaban J connectivity index is 0.000000237. The van der Waals surface area contributed by atoms with Gasteiger partial charge in [-0.25, -0.2) is 12.2 Å². The molecular weight excluding hydrogens is 576 g/mol. The summed E-state index contributed by atoms with van der Waals surface area (Å²) in [5.41, 5.74) is 8.76. The second-order valence-corrected chi connectivity index (χ2v) is 11.5. The van der Waals surface area contributed by atoms with Crippen LogP contribution in [-0.4, -0.2) is 6.88 Å². The molecule has 4 aromatic rings. The fourth-order valence-electron chi connectivity index (χ4n) is 4.01. The first kappa shape index (κ1) is 33.7. The predicted molar refractivity (Wildman–Crippen MR) is 169 cm³/mol. The molecule has 4 aromatic carbocycles. The molecule has 0 N–H and O–H groups in total. The summed E-state index contributed by atoms with van der Waals surface area (Å²) in [6, 6.07) is 40.1. The second kappa shape index (κ2) is 17.3. The Labute approximate surface area is 260 Å². The monoisotopic (exact) mass is 614 g/mol. The Morgan fingerprint density at radius 1 is 0.700 bits per heavy atom. The molecule has 2 aliphatic rings. The third kappa shape index (κ3) is 11.5. The Hall–Kier alpha value is -2.54. The molecule has 204 valence electrons. The minimum Gasteiger partial charge on any atom is -0.184 e. The zero-order chi connectivity index (χ0) is 29.4. The van der Waals surface area contributed by atoms with Crippen molar-refractivity contribution in [2.75, 3.05) is 0 Å². The molecule has 0 amide bonds. The molecule has 0 nitrogen and oxygen atoms in total. The summed E-state index contributed by atoms with van der Waals surface area (Å²) in [7, 11) is 0. The van der Waals surface area contributed by atoms with Gasteiger partial charge in [0, 0.05) is 0 Å². The van der Waals surface area contributed by atoms with Gasteiger partial charge in [-0.2, -0.15) is 108 Å². The number of benzene rings is 4. The molecule has 0 unspecified atom stereocenters. The van der Waals surface area contributed by atoms with Gasteiger partial charge >= 0.3 is 30.2 Å². The Morgan fingerprint density at radius 2 is 1.25 bits per heavy atom. The molecule has 0 saturated heterocycles. The van der Waals surface area contributed by atoms with Gasteiger partial charge in [0.1, 0.15) is 0 Å². The number of hydrogen-bond acceptors (Lipinski definition) is 0. The van der Waals surface area contributed by atoms with E-state index in [2.05, 4.69) is 109 Å². The second-order valence-electron chi connectivity index (χ2n) is 11.5. The van der Waals surface area contributed by atoms with Crippen LogP contribution in [0.1, 0.15) is 70.2 Å². The molecule has 0 heterocycles. The fourth-order valence-corrected chi connectivity index (χ4v) is 4.01. The van der Waals surface area contributed by atoms with E-state index in [-0.39, 0.29) is 10.8 Å². The molecule has 0 spiro atoms. The molecule has 0 aliphatic heterocycles. The third-order valence-corrected chi connectivity index (χ3v) is 6.33. The normalized spacial score (nSPS) is 12.0. The fraction of sp³-hybridized carbons (Fsp3) is 0.263. The van der Waals surface area contributed by atoms with Gasteiger partial charge in [-0.15, -0.1) is 12.0 Å². The van der Waals surface area contributed by atoms with Gasteiger partial charge in [0.2, 0.25) is 0 Å². The summed E-state index contributed by atoms with van der Waals surface area (Å²) in [4.78, 5) is 0. The minimum atomic E-state index is 0.177. The van der Waals surface area contributed by atoms with Crippen LogP contribution >= 0.6 is 0 Å². The standard InChI is InChI=1S/C21H25.2C6H5.C5H5.Si.Zr/c1-20(2,3)16-9-7-14-11-15-8-10-17(21(4,5)6)13-19(15)18(14)12-16;2*1-2-4-6-5-3-1;1-2-4-5-3-1;;/h7,9-10,12-13H,11H2,1-6H3;2*1-5H;1-3H,4H2;;/q4*-1;;. The van der Waals surface area contributed by atoms with Crippen molar-refractivity contribution in [3.8, 4) is 11.1 Å². The quantitative estimate of drug-likeness (QED) is 0.120. The molecule has 0 aromatic heterocycles. The van der Waals surface area contributed by atoms with Gasteiger partial charge in [0.15, 0.2) is 0 Å². The van der Waals surface area contributed by atoms with Gasteiger partial charge in [0.05, 0.1) is 0 Å². The van der Waals surface area contributed by atoms with Crippen LogP contribution < -0.4 is 0 Å². The zero-order valence-electron chi connectivity index (χ0n) is 24.8. The Kier molecular flexibility index (Phi) is 14.6. The summed E-state index contributed by atoms with van der Waals surface area (Å²) in [5.74, 6) is 0. The van der Waals surface area contributed by atoms with Gasteiger partial charge < -0.3 is 0 Å². The van der Waals surface area contributed by atoms with E-state index in [1.807, 2.05) is 72.8 Å². The van der Waals surface area contributed by atoms with Crippen LogP contribution in [-0.2, 0) is 40.6 Å². The first-order chi connectivity index (χ1) is 19.2. The van der Waals surface area contributed by atoms with Crippen LogP contribution in [0.25, 0.3) is 11.1 Å². The van der Waals surface area contributed by atoms with Crippen molar-refractivity contribution >= 4 is 6.88 Å². The minimum absolute atomic E-state index is 0.177. The average Bonchev–Trinajstić information content (AvgIpc) is 3.67. The SMILES string of the molecule is CC(C)(C)c1c[c-]c2c(c1)-c1cc(C(C)(C)C)ccc1C2.[C-]1=CC=CC1.[Si]=[Zr].[c-]1ccccc1.[c-]1ccccc1. The van der Waals surface area contributed by atoms with E-state index < -0.39 is 0 Å². The number of allylic oxidation sites excluding steroid dienone is 4. The van der Waals surface area contributed by atoms with Crippen molar-refractivity contribution in [2.24, 2.45) is 0 Å². The molecule has 2 heteroatoms. The van der Waals surface area contributed by atoms with Crippen molar-refractivity contribution in [3.05, 3.63) is 156 Å². The summed E-state index contributed by atoms with van der Waals surface area (Å²) >= 11 is 1.36. The average molecular weight is 616 g/mol. The maximum Gasteiger partial charge on any atom is -0.171 e. The molecule has 0 fully saturated rings. The van der Waals surface area contributed by atoms with Crippen LogP contribution in [0.2, 0.25) is 0 Å². The summed E-state index contributed by atoms with van der Waals surface area (Å²) in [6.07, 6.45) is 11.0. The summed E-state index contributed by atoms with van der Waals surface area (Å²) in [6.45, 7) is 16.7. The molecule has 2 radical (unpaired) electrons. The van der Waals surface area contributed by atoms with E-state index in [4.69, 9.17) is 0 Å². The maximum atomic E-state index is 3.53. The maximum absolute atomic E-state index is 3.53. The zero-order valence-corrected chi connectivity index (χ0v) is 28.3. The molecule has 40 heavy (non-hydrogen) atoms. The predicted octanol–water partition coefficient (Wildman–Crippen LogP) is 9.55.